The van der Waals surface area contributed by atoms with E-state index in [0.717, 1.165) is 41.7 Å². The summed E-state index contributed by atoms with van der Waals surface area (Å²) in [6.45, 7) is 10.8. The summed E-state index contributed by atoms with van der Waals surface area (Å²) in [5, 5.41) is 5.08. The molecule has 4 aromatic carbocycles. The normalized spacial score (nSPS) is 11.1. The van der Waals surface area contributed by atoms with E-state index < -0.39 is 15.8 Å². The van der Waals surface area contributed by atoms with Crippen molar-refractivity contribution in [2.75, 3.05) is 38.8 Å². The van der Waals surface area contributed by atoms with Crippen molar-refractivity contribution in [1.82, 2.24) is 0 Å². The Kier molecular flexibility index (Phi) is 12.4. The second kappa shape index (κ2) is 16.4. The lowest BCUT2D eigenvalue weighted by Gasteiger charge is -2.26. The Morgan fingerprint density at radius 2 is 0.634 bits per heavy atom. The summed E-state index contributed by atoms with van der Waals surface area (Å²) < 4.78 is 24.5. The predicted molar refractivity (Wildman–Crippen MR) is 177 cm³/mol. The number of para-hydroxylation sites is 4. The van der Waals surface area contributed by atoms with Gasteiger partial charge in [0, 0.05) is 21.2 Å². The maximum atomic E-state index is 6.14. The SMILES string of the molecule is CCOc1ccccc1P(CCCP(c1ccccc1OCC)c1ccccc1OCC)c1ccccc1OCC. The van der Waals surface area contributed by atoms with Gasteiger partial charge in [-0.1, -0.05) is 72.8 Å². The quantitative estimate of drug-likeness (QED) is 0.129. The molecule has 0 bridgehead atoms. The minimum Gasteiger partial charge on any atom is -0.493 e. The van der Waals surface area contributed by atoms with Crippen molar-refractivity contribution in [2.45, 2.75) is 34.1 Å². The molecule has 6 heteroatoms. The molecule has 41 heavy (non-hydrogen) atoms. The molecule has 0 N–H and O–H groups in total. The lowest BCUT2D eigenvalue weighted by atomic mass is 10.3. The second-order valence-electron chi connectivity index (χ2n) is 9.26. The third-order valence-electron chi connectivity index (χ3n) is 6.59. The minimum atomic E-state index is -0.715. The fraction of sp³-hybridized carbons (Fsp3) is 0.314. The van der Waals surface area contributed by atoms with Gasteiger partial charge >= 0.3 is 0 Å². The maximum absolute atomic E-state index is 6.14. The highest BCUT2D eigenvalue weighted by molar-refractivity contribution is 7.74. The molecule has 0 aromatic heterocycles. The zero-order chi connectivity index (χ0) is 28.9. The van der Waals surface area contributed by atoms with Crippen molar-refractivity contribution in [3.8, 4) is 23.0 Å². The van der Waals surface area contributed by atoms with Gasteiger partial charge in [0.05, 0.1) is 26.4 Å². The number of benzene rings is 4. The Labute approximate surface area is 248 Å². The van der Waals surface area contributed by atoms with Crippen molar-refractivity contribution in [1.29, 1.82) is 0 Å². The van der Waals surface area contributed by atoms with Crippen LogP contribution in [-0.4, -0.2) is 38.8 Å². The van der Waals surface area contributed by atoms with E-state index in [1.807, 2.05) is 27.7 Å². The van der Waals surface area contributed by atoms with Crippen LogP contribution in [0.5, 0.6) is 23.0 Å². The number of rotatable bonds is 16. The third kappa shape index (κ3) is 8.03. The molecule has 0 saturated carbocycles. The summed E-state index contributed by atoms with van der Waals surface area (Å²) in [6.07, 6.45) is 3.09. The Balaban J connectivity index is 1.72. The molecule has 0 saturated heterocycles. The van der Waals surface area contributed by atoms with E-state index in [1.54, 1.807) is 0 Å². The summed E-state index contributed by atoms with van der Waals surface area (Å²) in [5.74, 6) is 3.88. The van der Waals surface area contributed by atoms with Crippen LogP contribution in [0.4, 0.5) is 0 Å². The van der Waals surface area contributed by atoms with Crippen molar-refractivity contribution in [2.24, 2.45) is 0 Å². The molecular weight excluding hydrogens is 546 g/mol. The van der Waals surface area contributed by atoms with Crippen LogP contribution in [0.2, 0.25) is 0 Å². The van der Waals surface area contributed by atoms with Crippen LogP contribution in [-0.2, 0) is 0 Å². The first kappa shape index (κ1) is 30.9. The predicted octanol–water partition coefficient (Wildman–Crippen LogP) is 7.24. The first-order valence-corrected chi connectivity index (χ1v) is 17.7. The van der Waals surface area contributed by atoms with Gasteiger partial charge in [-0.25, -0.2) is 0 Å². The topological polar surface area (TPSA) is 36.9 Å². The molecule has 4 rings (SSSR count). The first-order valence-electron chi connectivity index (χ1n) is 14.6. The molecule has 216 valence electrons. The van der Waals surface area contributed by atoms with Gasteiger partial charge in [-0.15, -0.1) is 0 Å². The molecule has 4 nitrogen and oxygen atoms in total. The van der Waals surface area contributed by atoms with Crippen LogP contribution in [0.3, 0.4) is 0 Å². The molecule has 0 fully saturated rings. The number of hydrogen-bond acceptors (Lipinski definition) is 4. The van der Waals surface area contributed by atoms with Crippen molar-refractivity contribution in [3.63, 3.8) is 0 Å². The Hall–Kier alpha value is -3.06. The summed E-state index contributed by atoms with van der Waals surface area (Å²) in [4.78, 5) is 0. The van der Waals surface area contributed by atoms with Crippen LogP contribution in [0.1, 0.15) is 34.1 Å². The van der Waals surface area contributed by atoms with Crippen molar-refractivity contribution < 1.29 is 18.9 Å². The number of ether oxygens (including phenoxy) is 4. The highest BCUT2D eigenvalue weighted by Gasteiger charge is 2.25. The summed E-state index contributed by atoms with van der Waals surface area (Å²) in [7, 11) is -1.43. The average molecular weight is 589 g/mol. The Morgan fingerprint density at radius 3 is 0.878 bits per heavy atom. The van der Waals surface area contributed by atoms with Gasteiger partial charge < -0.3 is 18.9 Å². The minimum absolute atomic E-state index is 0.640. The molecule has 0 aliphatic heterocycles. The molecule has 0 aliphatic carbocycles. The maximum Gasteiger partial charge on any atom is 0.127 e. The largest absolute Gasteiger partial charge is 0.493 e. The molecule has 0 radical (unpaired) electrons. The van der Waals surface area contributed by atoms with E-state index in [0.29, 0.717) is 26.4 Å². The van der Waals surface area contributed by atoms with E-state index in [2.05, 4.69) is 97.1 Å². The fourth-order valence-electron chi connectivity index (χ4n) is 4.96. The van der Waals surface area contributed by atoms with E-state index >= 15 is 0 Å². The molecule has 0 heterocycles. The molecule has 0 atom stereocenters. The van der Waals surface area contributed by atoms with Gasteiger partial charge in [-0.3, -0.25) is 0 Å². The monoisotopic (exact) mass is 588 g/mol. The second-order valence-corrected chi connectivity index (χ2v) is 13.8. The molecular formula is C35H42O4P2. The van der Waals surface area contributed by atoms with Gasteiger partial charge in [0.25, 0.3) is 0 Å². The van der Waals surface area contributed by atoms with Gasteiger partial charge in [-0.05, 0) is 86.5 Å². The summed E-state index contributed by atoms with van der Waals surface area (Å²) >= 11 is 0. The number of hydrogen-bond donors (Lipinski definition) is 0. The molecule has 0 unspecified atom stereocenters. The van der Waals surface area contributed by atoms with E-state index in [9.17, 15) is 0 Å². The molecule has 0 aliphatic rings. The molecule has 0 spiro atoms. The lowest BCUT2D eigenvalue weighted by Crippen LogP contribution is -2.21. The smallest absolute Gasteiger partial charge is 0.127 e. The van der Waals surface area contributed by atoms with Crippen molar-refractivity contribution in [3.05, 3.63) is 97.1 Å². The van der Waals surface area contributed by atoms with Crippen LogP contribution in [0.15, 0.2) is 97.1 Å². The first-order chi connectivity index (χ1) is 20.2. The highest BCUT2D eigenvalue weighted by atomic mass is 31.1. The summed E-state index contributed by atoms with van der Waals surface area (Å²) in [5.41, 5.74) is 0. The zero-order valence-corrected chi connectivity index (χ0v) is 26.5. The van der Waals surface area contributed by atoms with Gasteiger partial charge in [0.2, 0.25) is 0 Å². The molecule has 4 aromatic rings. The van der Waals surface area contributed by atoms with Gasteiger partial charge in [-0.2, -0.15) is 0 Å². The van der Waals surface area contributed by atoms with E-state index in [1.165, 1.54) is 21.2 Å². The Morgan fingerprint density at radius 1 is 0.390 bits per heavy atom. The summed E-state index contributed by atoms with van der Waals surface area (Å²) in [6, 6.07) is 34.1. The Bertz CT molecular complexity index is 1160. The van der Waals surface area contributed by atoms with E-state index in [4.69, 9.17) is 18.9 Å². The standard InChI is InChI=1S/C35H42O4P2/c1-5-36-28-18-9-13-22-32(28)40(33-23-14-10-19-29(33)37-6-2)26-17-27-41(34-24-15-11-20-30(34)38-7-3)35-25-16-12-21-31(35)39-8-4/h9-16,18-25H,5-8,17,26-27H2,1-4H3. The van der Waals surface area contributed by atoms with Crippen LogP contribution in [0, 0.1) is 0 Å². The van der Waals surface area contributed by atoms with Gasteiger partial charge in [0.15, 0.2) is 0 Å². The highest BCUT2D eigenvalue weighted by Crippen LogP contribution is 2.45. The fourth-order valence-corrected chi connectivity index (χ4v) is 10.3. The third-order valence-corrected chi connectivity index (χ3v) is 11.9. The zero-order valence-electron chi connectivity index (χ0n) is 24.7. The van der Waals surface area contributed by atoms with E-state index in [-0.39, 0.29) is 0 Å². The van der Waals surface area contributed by atoms with Crippen LogP contribution >= 0.6 is 15.8 Å². The van der Waals surface area contributed by atoms with Crippen molar-refractivity contribution >= 4 is 37.1 Å². The van der Waals surface area contributed by atoms with Gasteiger partial charge in [0.1, 0.15) is 23.0 Å². The van der Waals surface area contributed by atoms with Crippen LogP contribution in [0.25, 0.3) is 0 Å². The molecule has 0 amide bonds. The van der Waals surface area contributed by atoms with Crippen LogP contribution < -0.4 is 40.2 Å². The lowest BCUT2D eigenvalue weighted by molar-refractivity contribution is 0.342. The average Bonchev–Trinajstić information content (AvgIpc) is 3.00.